The summed E-state index contributed by atoms with van der Waals surface area (Å²) in [5.41, 5.74) is 7.93. The summed E-state index contributed by atoms with van der Waals surface area (Å²) in [4.78, 5) is 14.8. The Morgan fingerprint density at radius 1 is 1.61 bits per heavy atom. The number of carboxylic acids is 1. The molecule has 0 saturated carbocycles. The molecular formula is C12H15N3O3. The Labute approximate surface area is 104 Å². The number of fused-ring (bicyclic) bond motifs is 1. The highest BCUT2D eigenvalue weighted by Crippen LogP contribution is 2.22. The Bertz CT molecular complexity index is 552. The zero-order valence-electron chi connectivity index (χ0n) is 9.96. The van der Waals surface area contributed by atoms with Gasteiger partial charge in [-0.3, -0.25) is 4.79 Å². The fourth-order valence-corrected chi connectivity index (χ4v) is 1.86. The topological polar surface area (TPSA) is 101 Å². The number of nitrogens with one attached hydrogen (secondary N) is 1. The van der Waals surface area contributed by atoms with Gasteiger partial charge < -0.3 is 20.6 Å². The molecule has 1 aromatic heterocycles. The number of carboxylic acid groups (broad SMARTS) is 1. The van der Waals surface area contributed by atoms with Gasteiger partial charge in [0, 0.05) is 6.04 Å². The van der Waals surface area contributed by atoms with Crippen molar-refractivity contribution in [2.75, 3.05) is 7.05 Å². The molecule has 4 N–H and O–H groups in total. The van der Waals surface area contributed by atoms with E-state index in [4.69, 9.17) is 15.3 Å². The molecule has 2 rings (SSSR count). The number of hydrogen-bond acceptors (Lipinski definition) is 5. The first-order chi connectivity index (χ1) is 8.61. The number of nitrogens with two attached hydrogens (primary N) is 1. The third-order valence-electron chi connectivity index (χ3n) is 2.91. The zero-order valence-corrected chi connectivity index (χ0v) is 9.96. The van der Waals surface area contributed by atoms with E-state index in [0.717, 1.165) is 11.1 Å². The minimum Gasteiger partial charge on any atom is -0.480 e. The number of benzene rings is 1. The molecule has 6 heteroatoms. The average molecular weight is 249 g/mol. The molecule has 0 bridgehead atoms. The van der Waals surface area contributed by atoms with Gasteiger partial charge in [0.2, 0.25) is 0 Å². The van der Waals surface area contributed by atoms with Crippen LogP contribution in [0.15, 0.2) is 29.0 Å². The Morgan fingerprint density at radius 2 is 2.39 bits per heavy atom. The molecule has 1 aromatic carbocycles. The Balaban J connectivity index is 2.23. The van der Waals surface area contributed by atoms with Gasteiger partial charge >= 0.3 is 5.97 Å². The van der Waals surface area contributed by atoms with Crippen molar-refractivity contribution in [3.05, 3.63) is 30.2 Å². The highest BCUT2D eigenvalue weighted by molar-refractivity contribution is 5.74. The van der Waals surface area contributed by atoms with Crippen LogP contribution in [0.25, 0.3) is 11.1 Å². The maximum atomic E-state index is 10.8. The van der Waals surface area contributed by atoms with Gasteiger partial charge in [0.05, 0.1) is 0 Å². The predicted molar refractivity (Wildman–Crippen MR) is 66.0 cm³/mol. The molecule has 2 atom stereocenters. The lowest BCUT2D eigenvalue weighted by molar-refractivity contribution is -0.138. The monoisotopic (exact) mass is 249 g/mol. The minimum atomic E-state index is -1.00. The van der Waals surface area contributed by atoms with Gasteiger partial charge in [-0.1, -0.05) is 6.07 Å². The van der Waals surface area contributed by atoms with E-state index in [9.17, 15) is 4.79 Å². The van der Waals surface area contributed by atoms with Crippen molar-refractivity contribution in [3.8, 4) is 0 Å². The summed E-state index contributed by atoms with van der Waals surface area (Å²) >= 11 is 0. The molecule has 2 aromatic rings. The summed E-state index contributed by atoms with van der Waals surface area (Å²) in [6.45, 7) is 0. The first-order valence-electron chi connectivity index (χ1n) is 5.60. The average Bonchev–Trinajstić information content (AvgIpc) is 2.82. The third kappa shape index (κ3) is 2.49. The van der Waals surface area contributed by atoms with Crippen LogP contribution in [0.2, 0.25) is 0 Å². The molecule has 0 radical (unpaired) electrons. The normalized spacial score (nSPS) is 14.6. The molecule has 0 aliphatic rings. The van der Waals surface area contributed by atoms with Crippen LogP contribution < -0.4 is 11.1 Å². The van der Waals surface area contributed by atoms with Crippen molar-refractivity contribution < 1.29 is 14.3 Å². The van der Waals surface area contributed by atoms with E-state index in [0.29, 0.717) is 12.0 Å². The largest absolute Gasteiger partial charge is 0.480 e. The van der Waals surface area contributed by atoms with Crippen molar-refractivity contribution in [1.29, 1.82) is 0 Å². The van der Waals surface area contributed by atoms with Crippen LogP contribution >= 0.6 is 0 Å². The summed E-state index contributed by atoms with van der Waals surface area (Å²) in [5.74, 6) is -1.00. The van der Waals surface area contributed by atoms with Gasteiger partial charge in [-0.2, -0.15) is 0 Å². The number of hydrogen-bond donors (Lipinski definition) is 3. The fraction of sp³-hybridized carbons (Fsp3) is 0.333. The highest BCUT2D eigenvalue weighted by atomic mass is 16.4. The van der Waals surface area contributed by atoms with E-state index in [2.05, 4.69) is 10.3 Å². The standard InChI is InChI=1S/C12H15N3O3/c1-14-10(5-8(13)12(16)17)7-2-3-9-11(4-7)18-6-15-9/h2-4,6,8,10,14H,5,13H2,1H3,(H,16,17). The van der Waals surface area contributed by atoms with Crippen molar-refractivity contribution >= 4 is 17.1 Å². The van der Waals surface area contributed by atoms with Crippen LogP contribution in [0.3, 0.4) is 0 Å². The van der Waals surface area contributed by atoms with Gasteiger partial charge in [-0.05, 0) is 31.2 Å². The summed E-state index contributed by atoms with van der Waals surface area (Å²) < 4.78 is 5.22. The van der Waals surface area contributed by atoms with E-state index in [1.807, 2.05) is 18.2 Å². The molecule has 2 unspecified atom stereocenters. The minimum absolute atomic E-state index is 0.134. The maximum absolute atomic E-state index is 10.8. The van der Waals surface area contributed by atoms with Crippen LogP contribution in [0.5, 0.6) is 0 Å². The molecule has 18 heavy (non-hydrogen) atoms. The first-order valence-corrected chi connectivity index (χ1v) is 5.60. The van der Waals surface area contributed by atoms with Gasteiger partial charge in [0.1, 0.15) is 11.6 Å². The van der Waals surface area contributed by atoms with Crippen LogP contribution in [-0.2, 0) is 4.79 Å². The Morgan fingerprint density at radius 3 is 3.06 bits per heavy atom. The number of oxazole rings is 1. The second-order valence-electron chi connectivity index (χ2n) is 4.10. The molecule has 1 heterocycles. The quantitative estimate of drug-likeness (QED) is 0.727. The zero-order chi connectivity index (χ0) is 13.1. The van der Waals surface area contributed by atoms with Gasteiger partial charge in [-0.15, -0.1) is 0 Å². The van der Waals surface area contributed by atoms with Crippen molar-refractivity contribution in [2.24, 2.45) is 5.73 Å². The number of nitrogens with zero attached hydrogens (tertiary/aromatic N) is 1. The number of carbonyl (C=O) groups is 1. The smallest absolute Gasteiger partial charge is 0.320 e. The highest BCUT2D eigenvalue weighted by Gasteiger charge is 2.19. The molecule has 0 aliphatic carbocycles. The van der Waals surface area contributed by atoms with Crippen LogP contribution in [-0.4, -0.2) is 29.1 Å². The van der Waals surface area contributed by atoms with Crippen LogP contribution in [0.1, 0.15) is 18.0 Å². The molecule has 96 valence electrons. The predicted octanol–water partition coefficient (Wildman–Crippen LogP) is 0.890. The lowest BCUT2D eigenvalue weighted by Crippen LogP contribution is -2.34. The fourth-order valence-electron chi connectivity index (χ4n) is 1.86. The van der Waals surface area contributed by atoms with E-state index >= 15 is 0 Å². The number of aliphatic carboxylic acids is 1. The van der Waals surface area contributed by atoms with Crippen molar-refractivity contribution in [3.63, 3.8) is 0 Å². The second kappa shape index (κ2) is 5.16. The van der Waals surface area contributed by atoms with Crippen molar-refractivity contribution in [2.45, 2.75) is 18.5 Å². The van der Waals surface area contributed by atoms with Crippen LogP contribution in [0.4, 0.5) is 0 Å². The van der Waals surface area contributed by atoms with E-state index in [1.54, 1.807) is 7.05 Å². The lowest BCUT2D eigenvalue weighted by atomic mass is 9.99. The first kappa shape index (κ1) is 12.5. The third-order valence-corrected chi connectivity index (χ3v) is 2.91. The SMILES string of the molecule is CNC(CC(N)C(=O)O)c1ccc2ncoc2c1. The van der Waals surface area contributed by atoms with E-state index in [1.165, 1.54) is 6.39 Å². The summed E-state index contributed by atoms with van der Waals surface area (Å²) in [6, 6.07) is 4.54. The Kier molecular flexibility index (Phi) is 3.59. The van der Waals surface area contributed by atoms with E-state index < -0.39 is 12.0 Å². The number of aromatic nitrogens is 1. The van der Waals surface area contributed by atoms with Gasteiger partial charge in [-0.25, -0.2) is 4.98 Å². The number of rotatable bonds is 5. The molecule has 0 fully saturated rings. The van der Waals surface area contributed by atoms with Gasteiger partial charge in [0.15, 0.2) is 12.0 Å². The van der Waals surface area contributed by atoms with E-state index in [-0.39, 0.29) is 6.04 Å². The molecule has 6 nitrogen and oxygen atoms in total. The van der Waals surface area contributed by atoms with Gasteiger partial charge in [0.25, 0.3) is 0 Å². The summed E-state index contributed by atoms with van der Waals surface area (Å²) in [7, 11) is 1.77. The summed E-state index contributed by atoms with van der Waals surface area (Å²) in [6.07, 6.45) is 1.69. The summed E-state index contributed by atoms with van der Waals surface area (Å²) in [5, 5.41) is 11.9. The van der Waals surface area contributed by atoms with Crippen LogP contribution in [0, 0.1) is 0 Å². The lowest BCUT2D eigenvalue weighted by Gasteiger charge is -2.18. The Hall–Kier alpha value is -1.92. The maximum Gasteiger partial charge on any atom is 0.320 e. The second-order valence-corrected chi connectivity index (χ2v) is 4.10. The van der Waals surface area contributed by atoms with Crippen molar-refractivity contribution in [1.82, 2.24) is 10.3 Å². The molecule has 0 amide bonds. The molecule has 0 saturated heterocycles. The molecular weight excluding hydrogens is 234 g/mol. The molecule has 0 spiro atoms. The molecule has 0 aliphatic heterocycles.